The Hall–Kier alpha value is -1.13. The third-order valence-electron chi connectivity index (χ3n) is 1.58. The van der Waals surface area contributed by atoms with Crippen molar-refractivity contribution in [2.45, 2.75) is 25.8 Å². The maximum absolute atomic E-state index is 10.3. The van der Waals surface area contributed by atoms with E-state index >= 15 is 0 Å². The monoisotopic (exact) mass is 160 g/mol. The van der Waals surface area contributed by atoms with Gasteiger partial charge in [0.05, 0.1) is 17.2 Å². The van der Waals surface area contributed by atoms with Gasteiger partial charge in [-0.1, -0.05) is 0 Å². The lowest BCUT2D eigenvalue weighted by Crippen LogP contribution is -2.39. The summed E-state index contributed by atoms with van der Waals surface area (Å²) in [6, 6.07) is 0. The minimum absolute atomic E-state index is 0.102. The van der Waals surface area contributed by atoms with E-state index in [1.54, 1.807) is 13.8 Å². The van der Waals surface area contributed by atoms with E-state index < -0.39 is 11.5 Å². The number of carboxylic acid groups (broad SMARTS) is 1. The molecule has 0 rings (SSSR count). The molecule has 64 valence electrons. The summed E-state index contributed by atoms with van der Waals surface area (Å²) in [5, 5.41) is 12.2. The van der Waals surface area contributed by atoms with Crippen LogP contribution in [-0.4, -0.2) is 28.7 Å². The van der Waals surface area contributed by atoms with Crippen LogP contribution in [0.1, 0.15) is 20.3 Å². The molecule has 0 amide bonds. The summed E-state index contributed by atoms with van der Waals surface area (Å²) in [4.78, 5) is 20.3. The van der Waals surface area contributed by atoms with Crippen molar-refractivity contribution in [3.05, 3.63) is 4.91 Å². The van der Waals surface area contributed by atoms with Crippen LogP contribution in [0.4, 0.5) is 0 Å². The van der Waals surface area contributed by atoms with Gasteiger partial charge in [-0.15, -0.1) is 4.91 Å². The molecular formula is C6H12N2O3. The molecule has 0 unspecified atom stereocenters. The van der Waals surface area contributed by atoms with Crippen LogP contribution in [0, 0.1) is 4.91 Å². The second-order valence-electron chi connectivity index (χ2n) is 2.99. The highest BCUT2D eigenvalue weighted by molar-refractivity contribution is 5.68. The van der Waals surface area contributed by atoms with Crippen LogP contribution in [-0.2, 0) is 4.79 Å². The first-order valence-electron chi connectivity index (χ1n) is 3.19. The molecule has 0 spiro atoms. The molecule has 0 saturated carbocycles. The highest BCUT2D eigenvalue weighted by Crippen LogP contribution is 2.16. The molecule has 11 heavy (non-hydrogen) atoms. The zero-order chi connectivity index (χ0) is 9.07. The van der Waals surface area contributed by atoms with Crippen molar-refractivity contribution in [3.8, 4) is 0 Å². The number of carbonyl (C=O) groups is 1. The molecule has 0 fully saturated rings. The van der Waals surface area contributed by atoms with E-state index in [2.05, 4.69) is 5.29 Å². The molecule has 0 aliphatic carbocycles. The molecule has 0 aliphatic rings. The quantitative estimate of drug-likeness (QED) is 0.489. The summed E-state index contributed by atoms with van der Waals surface area (Å²) in [6.07, 6.45) is -0.102. The number of nitrogens with zero attached hydrogens (tertiary/aromatic N) is 2. The zero-order valence-electron chi connectivity index (χ0n) is 6.87. The van der Waals surface area contributed by atoms with Crippen LogP contribution in [0.3, 0.4) is 0 Å². The molecule has 0 aromatic rings. The normalized spacial score (nSPS) is 10.8. The summed E-state index contributed by atoms with van der Waals surface area (Å²) in [5.41, 5.74) is -0.715. The van der Waals surface area contributed by atoms with Crippen molar-refractivity contribution in [1.82, 2.24) is 5.01 Å². The number of hydrogen-bond acceptors (Lipinski definition) is 3. The van der Waals surface area contributed by atoms with Crippen molar-refractivity contribution in [3.63, 3.8) is 0 Å². The predicted molar refractivity (Wildman–Crippen MR) is 39.9 cm³/mol. The van der Waals surface area contributed by atoms with E-state index in [4.69, 9.17) is 5.11 Å². The maximum Gasteiger partial charge on any atom is 0.305 e. The van der Waals surface area contributed by atoms with Crippen molar-refractivity contribution in [1.29, 1.82) is 0 Å². The molecule has 0 saturated heterocycles. The Morgan fingerprint density at radius 1 is 1.64 bits per heavy atom. The summed E-state index contributed by atoms with van der Waals surface area (Å²) < 4.78 is 0. The van der Waals surface area contributed by atoms with Gasteiger partial charge in [0.2, 0.25) is 0 Å². The van der Waals surface area contributed by atoms with E-state index in [9.17, 15) is 9.70 Å². The van der Waals surface area contributed by atoms with Gasteiger partial charge in [0, 0.05) is 7.05 Å². The maximum atomic E-state index is 10.3. The Balaban J connectivity index is 4.19. The van der Waals surface area contributed by atoms with Crippen LogP contribution in [0.25, 0.3) is 0 Å². The van der Waals surface area contributed by atoms with E-state index in [1.165, 1.54) is 7.05 Å². The molecule has 5 heteroatoms. The van der Waals surface area contributed by atoms with Gasteiger partial charge in [-0.3, -0.25) is 9.80 Å². The Morgan fingerprint density at radius 2 is 2.09 bits per heavy atom. The minimum atomic E-state index is -0.939. The first kappa shape index (κ1) is 9.87. The minimum Gasteiger partial charge on any atom is -0.481 e. The number of rotatable bonds is 4. The average molecular weight is 160 g/mol. The molecule has 0 aromatic heterocycles. The molecule has 0 aromatic carbocycles. The third kappa shape index (κ3) is 2.97. The van der Waals surface area contributed by atoms with E-state index in [0.717, 1.165) is 5.01 Å². The first-order valence-corrected chi connectivity index (χ1v) is 3.19. The Kier molecular flexibility index (Phi) is 2.98. The molecular weight excluding hydrogens is 148 g/mol. The Labute approximate surface area is 64.9 Å². The van der Waals surface area contributed by atoms with Gasteiger partial charge < -0.3 is 5.11 Å². The lowest BCUT2D eigenvalue weighted by Gasteiger charge is -2.28. The number of carboxylic acids is 1. The second-order valence-corrected chi connectivity index (χ2v) is 2.99. The van der Waals surface area contributed by atoms with Crippen LogP contribution >= 0.6 is 0 Å². The predicted octanol–water partition coefficient (Wildman–Crippen LogP) is 0.853. The zero-order valence-corrected chi connectivity index (χ0v) is 6.87. The van der Waals surface area contributed by atoms with Crippen molar-refractivity contribution < 1.29 is 9.90 Å². The van der Waals surface area contributed by atoms with Crippen LogP contribution in [0.15, 0.2) is 5.29 Å². The van der Waals surface area contributed by atoms with Crippen molar-refractivity contribution in [2.75, 3.05) is 7.05 Å². The molecule has 5 nitrogen and oxygen atoms in total. The van der Waals surface area contributed by atoms with Gasteiger partial charge in [-0.25, -0.2) is 0 Å². The third-order valence-corrected chi connectivity index (χ3v) is 1.58. The van der Waals surface area contributed by atoms with Crippen LogP contribution in [0.5, 0.6) is 0 Å². The Bertz CT molecular complexity index is 167. The first-order chi connectivity index (χ1) is 4.90. The lowest BCUT2D eigenvalue weighted by atomic mass is 10.0. The van der Waals surface area contributed by atoms with Gasteiger partial charge in [-0.05, 0) is 13.8 Å². The molecule has 0 atom stereocenters. The van der Waals surface area contributed by atoms with Gasteiger partial charge in [0.25, 0.3) is 0 Å². The van der Waals surface area contributed by atoms with Crippen molar-refractivity contribution in [2.24, 2.45) is 5.29 Å². The van der Waals surface area contributed by atoms with Gasteiger partial charge >= 0.3 is 5.97 Å². The topological polar surface area (TPSA) is 70.0 Å². The second kappa shape index (κ2) is 3.32. The van der Waals surface area contributed by atoms with Crippen LogP contribution in [0.2, 0.25) is 0 Å². The number of nitroso groups, excluding NO2 is 1. The summed E-state index contributed by atoms with van der Waals surface area (Å²) >= 11 is 0. The highest BCUT2D eigenvalue weighted by atomic mass is 16.4. The van der Waals surface area contributed by atoms with Gasteiger partial charge in [0.1, 0.15) is 0 Å². The molecule has 0 aliphatic heterocycles. The lowest BCUT2D eigenvalue weighted by molar-refractivity contribution is -0.139. The SMILES string of the molecule is CN(N=O)C(C)(C)CC(=O)O. The average Bonchev–Trinajstić information content (AvgIpc) is 1.83. The van der Waals surface area contributed by atoms with Gasteiger partial charge in [-0.2, -0.15) is 0 Å². The van der Waals surface area contributed by atoms with Crippen molar-refractivity contribution >= 4 is 5.97 Å². The largest absolute Gasteiger partial charge is 0.481 e. The van der Waals surface area contributed by atoms with Crippen LogP contribution < -0.4 is 0 Å². The standard InChI is InChI=1S/C6H12N2O3/c1-6(2,4-5(9)10)8(3)7-11/h4H2,1-3H3,(H,9,10). The van der Waals surface area contributed by atoms with E-state index in [-0.39, 0.29) is 6.42 Å². The summed E-state index contributed by atoms with van der Waals surface area (Å²) in [5.74, 6) is -0.939. The summed E-state index contributed by atoms with van der Waals surface area (Å²) in [6.45, 7) is 3.28. The molecule has 0 heterocycles. The fraction of sp³-hybridized carbons (Fsp3) is 0.833. The fourth-order valence-electron chi connectivity index (χ4n) is 0.595. The van der Waals surface area contributed by atoms with Gasteiger partial charge in [0.15, 0.2) is 0 Å². The fourth-order valence-corrected chi connectivity index (χ4v) is 0.595. The summed E-state index contributed by atoms with van der Waals surface area (Å²) in [7, 11) is 1.45. The Morgan fingerprint density at radius 3 is 2.36 bits per heavy atom. The smallest absolute Gasteiger partial charge is 0.305 e. The van der Waals surface area contributed by atoms with E-state index in [1.807, 2.05) is 0 Å². The highest BCUT2D eigenvalue weighted by Gasteiger charge is 2.26. The van der Waals surface area contributed by atoms with E-state index in [0.29, 0.717) is 0 Å². The molecule has 1 N–H and O–H groups in total. The molecule has 0 bridgehead atoms. The number of aliphatic carboxylic acids is 1. The molecule has 0 radical (unpaired) electrons. The number of hydrogen-bond donors (Lipinski definition) is 1.